The minimum absolute atomic E-state index is 0.0346. The Kier molecular flexibility index (Phi) is 1.33. The van der Waals surface area contributed by atoms with Crippen molar-refractivity contribution in [3.05, 3.63) is 11.3 Å². The van der Waals surface area contributed by atoms with Crippen LogP contribution >= 0.6 is 0 Å². The van der Waals surface area contributed by atoms with E-state index in [1.807, 2.05) is 0 Å². The quantitative estimate of drug-likeness (QED) is 0.595. The summed E-state index contributed by atoms with van der Waals surface area (Å²) in [5, 5.41) is 3.74. The molecule has 0 aromatic carbocycles. The second kappa shape index (κ2) is 2.23. The molecule has 0 atom stereocenters. The summed E-state index contributed by atoms with van der Waals surface area (Å²) in [4.78, 5) is 12.6. The number of fused-ring (bicyclic) bond motifs is 1. The molecule has 12 heavy (non-hydrogen) atoms. The lowest BCUT2D eigenvalue weighted by molar-refractivity contribution is -0.129. The van der Waals surface area contributed by atoms with E-state index in [0.717, 1.165) is 11.3 Å². The molecular weight excluding hydrogens is 158 g/mol. The molecule has 1 amide bonds. The van der Waals surface area contributed by atoms with Gasteiger partial charge in [0, 0.05) is 6.92 Å². The molecule has 0 fully saturated rings. The third kappa shape index (κ3) is 0.861. The van der Waals surface area contributed by atoms with Crippen LogP contribution in [-0.4, -0.2) is 16.0 Å². The van der Waals surface area contributed by atoms with Gasteiger partial charge in [-0.15, -0.1) is 0 Å². The van der Waals surface area contributed by atoms with Gasteiger partial charge in [-0.3, -0.25) is 4.79 Å². The molecule has 1 aromatic heterocycles. The van der Waals surface area contributed by atoms with Crippen LogP contribution < -0.4 is 5.73 Å². The lowest BCUT2D eigenvalue weighted by Crippen LogP contribution is -2.22. The monoisotopic (exact) mass is 167 g/mol. The first-order valence-electron chi connectivity index (χ1n) is 3.67. The highest BCUT2D eigenvalue weighted by atomic mass is 16.5. The van der Waals surface area contributed by atoms with Gasteiger partial charge in [0.25, 0.3) is 0 Å². The molecule has 0 saturated heterocycles. The van der Waals surface area contributed by atoms with Gasteiger partial charge in [0.05, 0.1) is 18.7 Å². The van der Waals surface area contributed by atoms with Crippen LogP contribution in [0.4, 0.5) is 5.88 Å². The molecule has 64 valence electrons. The first-order valence-corrected chi connectivity index (χ1v) is 3.67. The number of carbonyl (C=O) groups excluding carboxylic acids is 1. The lowest BCUT2D eigenvalue weighted by atomic mass is 10.3. The fourth-order valence-corrected chi connectivity index (χ4v) is 1.30. The fraction of sp³-hybridized carbons (Fsp3) is 0.429. The van der Waals surface area contributed by atoms with Crippen molar-refractivity contribution in [3.63, 3.8) is 0 Å². The van der Waals surface area contributed by atoms with Gasteiger partial charge in [0.2, 0.25) is 11.8 Å². The van der Waals surface area contributed by atoms with Crippen molar-refractivity contribution in [1.82, 2.24) is 10.1 Å². The topological polar surface area (TPSA) is 72.4 Å². The second-order valence-electron chi connectivity index (χ2n) is 2.85. The molecule has 0 saturated carbocycles. The largest absolute Gasteiger partial charge is 0.367 e. The normalized spacial score (nSPS) is 14.9. The Morgan fingerprint density at radius 1 is 1.67 bits per heavy atom. The summed E-state index contributed by atoms with van der Waals surface area (Å²) in [5.41, 5.74) is 7.12. The Morgan fingerprint density at radius 3 is 3.00 bits per heavy atom. The number of hydrogen-bond acceptors (Lipinski definition) is 4. The maximum Gasteiger partial charge on any atom is 0.227 e. The summed E-state index contributed by atoms with van der Waals surface area (Å²) in [5.74, 6) is 0.362. The van der Waals surface area contributed by atoms with Crippen molar-refractivity contribution in [3.8, 4) is 0 Å². The highest BCUT2D eigenvalue weighted by Crippen LogP contribution is 2.26. The maximum absolute atomic E-state index is 11.0. The average Bonchev–Trinajstić information content (AvgIpc) is 2.53. The van der Waals surface area contributed by atoms with E-state index >= 15 is 0 Å². The van der Waals surface area contributed by atoms with Crippen molar-refractivity contribution in [2.75, 3.05) is 5.73 Å². The van der Waals surface area contributed by atoms with Crippen molar-refractivity contribution in [2.45, 2.75) is 20.0 Å². The molecule has 5 nitrogen and oxygen atoms in total. The summed E-state index contributed by atoms with van der Waals surface area (Å²) in [6.07, 6.45) is 0. The summed E-state index contributed by atoms with van der Waals surface area (Å²) in [6.45, 7) is 2.57. The van der Waals surface area contributed by atoms with Gasteiger partial charge in [0.15, 0.2) is 0 Å². The maximum atomic E-state index is 11.0. The van der Waals surface area contributed by atoms with Gasteiger partial charge < -0.3 is 15.2 Å². The van der Waals surface area contributed by atoms with Crippen LogP contribution in [-0.2, 0) is 17.9 Å². The predicted octanol–water partition coefficient (Wildman–Crippen LogP) is 0.119. The Balaban J connectivity index is 2.28. The van der Waals surface area contributed by atoms with Crippen molar-refractivity contribution in [1.29, 1.82) is 0 Å². The number of hydrogen-bond donors (Lipinski definition) is 1. The predicted molar refractivity (Wildman–Crippen MR) is 40.8 cm³/mol. The van der Waals surface area contributed by atoms with E-state index in [2.05, 4.69) is 5.16 Å². The van der Waals surface area contributed by atoms with E-state index in [0.29, 0.717) is 19.0 Å². The highest BCUT2D eigenvalue weighted by Gasteiger charge is 2.26. The third-order valence-electron chi connectivity index (χ3n) is 2.03. The van der Waals surface area contributed by atoms with Crippen LogP contribution in [0.3, 0.4) is 0 Å². The van der Waals surface area contributed by atoms with Gasteiger partial charge in [-0.2, -0.15) is 0 Å². The molecule has 2 rings (SSSR count). The van der Waals surface area contributed by atoms with E-state index in [4.69, 9.17) is 10.3 Å². The van der Waals surface area contributed by atoms with Crippen LogP contribution in [0.15, 0.2) is 4.52 Å². The zero-order valence-corrected chi connectivity index (χ0v) is 6.70. The first-order chi connectivity index (χ1) is 5.68. The van der Waals surface area contributed by atoms with Gasteiger partial charge in [-0.1, -0.05) is 5.16 Å². The Morgan fingerprint density at radius 2 is 2.42 bits per heavy atom. The molecule has 1 aliphatic heterocycles. The molecule has 2 heterocycles. The van der Waals surface area contributed by atoms with E-state index in [9.17, 15) is 4.79 Å². The molecule has 2 N–H and O–H groups in total. The minimum atomic E-state index is 0.0346. The van der Waals surface area contributed by atoms with Crippen molar-refractivity contribution >= 4 is 11.8 Å². The molecule has 0 radical (unpaired) electrons. The number of nitrogens with two attached hydrogens (primary N) is 1. The Bertz CT molecular complexity index is 331. The van der Waals surface area contributed by atoms with E-state index in [-0.39, 0.29) is 5.91 Å². The standard InChI is InChI=1S/C7H9N3O2/c1-4(11)10-2-5-6(3-10)9-12-7(5)8/h2-3,8H2,1H3. The zero-order valence-electron chi connectivity index (χ0n) is 6.70. The second-order valence-corrected chi connectivity index (χ2v) is 2.85. The molecule has 5 heteroatoms. The SMILES string of the molecule is CC(=O)N1Cc2noc(N)c2C1. The van der Waals surface area contributed by atoms with Gasteiger partial charge in [0.1, 0.15) is 5.69 Å². The average molecular weight is 167 g/mol. The molecule has 1 aliphatic rings. The molecule has 0 unspecified atom stereocenters. The lowest BCUT2D eigenvalue weighted by Gasteiger charge is -2.11. The third-order valence-corrected chi connectivity index (χ3v) is 2.03. The van der Waals surface area contributed by atoms with Crippen molar-refractivity contribution in [2.24, 2.45) is 0 Å². The zero-order chi connectivity index (χ0) is 8.72. The molecule has 0 spiro atoms. The summed E-state index contributed by atoms with van der Waals surface area (Å²) in [6, 6.07) is 0. The van der Waals surface area contributed by atoms with Crippen LogP contribution in [0.5, 0.6) is 0 Å². The van der Waals surface area contributed by atoms with Gasteiger partial charge >= 0.3 is 0 Å². The highest BCUT2D eigenvalue weighted by molar-refractivity contribution is 5.74. The first kappa shape index (κ1) is 7.15. The van der Waals surface area contributed by atoms with Gasteiger partial charge in [-0.05, 0) is 0 Å². The molecule has 0 bridgehead atoms. The number of rotatable bonds is 0. The number of anilines is 1. The summed E-state index contributed by atoms with van der Waals surface area (Å²) in [7, 11) is 0. The summed E-state index contributed by atoms with van der Waals surface area (Å²) >= 11 is 0. The number of nitrogens with zero attached hydrogens (tertiary/aromatic N) is 2. The number of carbonyl (C=O) groups is 1. The number of aromatic nitrogens is 1. The number of nitrogen functional groups attached to an aromatic ring is 1. The summed E-state index contributed by atoms with van der Waals surface area (Å²) < 4.78 is 4.76. The van der Waals surface area contributed by atoms with Gasteiger partial charge in [-0.25, -0.2) is 0 Å². The fourth-order valence-electron chi connectivity index (χ4n) is 1.30. The number of amides is 1. The minimum Gasteiger partial charge on any atom is -0.367 e. The molecule has 0 aliphatic carbocycles. The van der Waals surface area contributed by atoms with Crippen LogP contribution in [0.2, 0.25) is 0 Å². The van der Waals surface area contributed by atoms with Crippen LogP contribution in [0, 0.1) is 0 Å². The molecular formula is C7H9N3O2. The molecule has 1 aromatic rings. The van der Waals surface area contributed by atoms with Crippen LogP contribution in [0.25, 0.3) is 0 Å². The van der Waals surface area contributed by atoms with E-state index < -0.39 is 0 Å². The van der Waals surface area contributed by atoms with E-state index in [1.54, 1.807) is 4.90 Å². The van der Waals surface area contributed by atoms with Crippen LogP contribution in [0.1, 0.15) is 18.2 Å². The Hall–Kier alpha value is -1.52. The Labute approximate surface area is 69.1 Å². The smallest absolute Gasteiger partial charge is 0.227 e. The van der Waals surface area contributed by atoms with E-state index in [1.165, 1.54) is 6.92 Å². The van der Waals surface area contributed by atoms with Crippen molar-refractivity contribution < 1.29 is 9.32 Å².